The molecule has 7 nitrogen and oxygen atoms in total. The summed E-state index contributed by atoms with van der Waals surface area (Å²) in [5.74, 6) is -0.799. The van der Waals surface area contributed by atoms with E-state index in [4.69, 9.17) is 0 Å². The highest BCUT2D eigenvalue weighted by Gasteiger charge is 2.34. The van der Waals surface area contributed by atoms with E-state index >= 15 is 0 Å². The van der Waals surface area contributed by atoms with Crippen molar-refractivity contribution in [1.82, 2.24) is 4.90 Å². The van der Waals surface area contributed by atoms with Crippen LogP contribution in [0.25, 0.3) is 6.08 Å². The third-order valence-electron chi connectivity index (χ3n) is 3.81. The molecule has 0 radical (unpaired) electrons. The van der Waals surface area contributed by atoms with E-state index in [9.17, 15) is 23.4 Å². The van der Waals surface area contributed by atoms with Crippen molar-refractivity contribution < 1.29 is 23.4 Å². The van der Waals surface area contributed by atoms with Crippen molar-refractivity contribution in [2.24, 2.45) is 4.40 Å². The lowest BCUT2D eigenvalue weighted by atomic mass is 10.1. The minimum Gasteiger partial charge on any atom is -0.508 e. The van der Waals surface area contributed by atoms with Gasteiger partial charge in [0.15, 0.2) is 5.17 Å². The molecule has 1 amide bonds. The number of amides is 1. The summed E-state index contributed by atoms with van der Waals surface area (Å²) >= 11 is 4.12. The smallest absolute Gasteiger partial charge is 0.284 e. The summed E-state index contributed by atoms with van der Waals surface area (Å²) in [5, 5.41) is 19.3. The molecule has 29 heavy (non-hydrogen) atoms. The van der Waals surface area contributed by atoms with Crippen molar-refractivity contribution in [3.63, 3.8) is 0 Å². The Labute approximate surface area is 180 Å². The SMILES string of the molecule is C=CCN1C(=O)C(=Cc2ccc(O)cc2O)SC1=NS(=O)(=O)c1ccc(Br)cc1. The number of hydrogen-bond acceptors (Lipinski definition) is 6. The molecule has 0 aromatic heterocycles. The summed E-state index contributed by atoms with van der Waals surface area (Å²) in [7, 11) is -4.04. The van der Waals surface area contributed by atoms with Gasteiger partial charge in [-0.2, -0.15) is 8.42 Å². The highest BCUT2D eigenvalue weighted by Crippen LogP contribution is 2.35. The van der Waals surface area contributed by atoms with E-state index in [2.05, 4.69) is 26.9 Å². The molecular formula is C19H15BrN2O5S2. The molecule has 0 saturated carbocycles. The van der Waals surface area contributed by atoms with Gasteiger partial charge >= 0.3 is 0 Å². The third-order valence-corrected chi connectivity index (χ3v) is 6.74. The number of carbonyl (C=O) groups is 1. The Morgan fingerprint density at radius 1 is 1.17 bits per heavy atom. The molecule has 1 aliphatic rings. The molecule has 2 aromatic rings. The highest BCUT2D eigenvalue weighted by atomic mass is 79.9. The first-order chi connectivity index (χ1) is 13.7. The first-order valence-electron chi connectivity index (χ1n) is 8.16. The zero-order chi connectivity index (χ0) is 21.2. The number of benzene rings is 2. The van der Waals surface area contributed by atoms with E-state index in [1.807, 2.05) is 0 Å². The first-order valence-corrected chi connectivity index (χ1v) is 11.2. The predicted octanol–water partition coefficient (Wildman–Crippen LogP) is 3.71. The third kappa shape index (κ3) is 4.72. The maximum atomic E-state index is 12.7. The Balaban J connectivity index is 2.01. The zero-order valence-electron chi connectivity index (χ0n) is 14.8. The van der Waals surface area contributed by atoms with E-state index in [0.29, 0.717) is 5.56 Å². The van der Waals surface area contributed by atoms with Gasteiger partial charge in [-0.25, -0.2) is 0 Å². The van der Waals surface area contributed by atoms with Crippen LogP contribution in [0.1, 0.15) is 5.56 Å². The van der Waals surface area contributed by atoms with Gasteiger partial charge in [0, 0.05) is 22.6 Å². The van der Waals surface area contributed by atoms with E-state index in [0.717, 1.165) is 22.3 Å². The van der Waals surface area contributed by atoms with Gasteiger partial charge in [-0.05, 0) is 54.2 Å². The molecule has 1 fully saturated rings. The summed E-state index contributed by atoms with van der Waals surface area (Å²) < 4.78 is 29.9. The second-order valence-corrected chi connectivity index (χ2v) is 9.39. The first kappa shape index (κ1) is 21.2. The van der Waals surface area contributed by atoms with Crippen LogP contribution in [0.3, 0.4) is 0 Å². The van der Waals surface area contributed by atoms with Crippen LogP contribution >= 0.6 is 27.7 Å². The topological polar surface area (TPSA) is 107 Å². The molecule has 0 spiro atoms. The fourth-order valence-corrected chi connectivity index (χ4v) is 4.87. The average Bonchev–Trinajstić information content (AvgIpc) is 2.93. The fraction of sp³-hybridized carbons (Fsp3) is 0.0526. The van der Waals surface area contributed by atoms with Gasteiger partial charge in [0.05, 0.1) is 9.80 Å². The summed E-state index contributed by atoms with van der Waals surface area (Å²) in [4.78, 5) is 14.1. The second kappa shape index (κ2) is 8.44. The van der Waals surface area contributed by atoms with Crippen molar-refractivity contribution in [3.05, 3.63) is 70.1 Å². The molecule has 2 aromatic carbocycles. The summed E-state index contributed by atoms with van der Waals surface area (Å²) in [6.07, 6.45) is 2.87. The van der Waals surface area contributed by atoms with Crippen LogP contribution in [0, 0.1) is 0 Å². The lowest BCUT2D eigenvalue weighted by Crippen LogP contribution is -2.29. The normalized spacial score (nSPS) is 17.3. The van der Waals surface area contributed by atoms with Crippen molar-refractivity contribution in [2.75, 3.05) is 6.54 Å². The van der Waals surface area contributed by atoms with Crippen LogP contribution < -0.4 is 0 Å². The number of sulfonamides is 1. The summed E-state index contributed by atoms with van der Waals surface area (Å²) in [6.45, 7) is 3.66. The largest absolute Gasteiger partial charge is 0.508 e. The number of nitrogens with zero attached hydrogens (tertiary/aromatic N) is 2. The van der Waals surface area contributed by atoms with Crippen molar-refractivity contribution in [3.8, 4) is 11.5 Å². The molecule has 3 rings (SSSR count). The molecule has 10 heteroatoms. The molecule has 0 atom stereocenters. The van der Waals surface area contributed by atoms with Crippen LogP contribution in [-0.2, 0) is 14.8 Å². The molecule has 2 N–H and O–H groups in total. The Hall–Kier alpha value is -2.56. The number of thioether (sulfide) groups is 1. The quantitative estimate of drug-likeness (QED) is 0.484. The van der Waals surface area contributed by atoms with E-state index in [1.165, 1.54) is 41.3 Å². The summed E-state index contributed by atoms with van der Waals surface area (Å²) in [5.41, 5.74) is 0.300. The standard InChI is InChI=1S/C19H15BrN2O5S2/c1-2-9-22-18(25)17(10-12-3-6-14(23)11-16(12)24)28-19(22)21-29(26,27)15-7-4-13(20)5-8-15/h2-8,10-11,23-24H,1,9H2. The Kier molecular flexibility index (Phi) is 6.15. The second-order valence-electron chi connectivity index (χ2n) is 5.86. The van der Waals surface area contributed by atoms with E-state index in [1.54, 1.807) is 12.1 Å². The monoisotopic (exact) mass is 494 g/mol. The maximum absolute atomic E-state index is 12.7. The molecule has 1 heterocycles. The van der Waals surface area contributed by atoms with Crippen LogP contribution in [0.5, 0.6) is 11.5 Å². The number of hydrogen-bond donors (Lipinski definition) is 2. The zero-order valence-corrected chi connectivity index (χ0v) is 18.0. The van der Waals surface area contributed by atoms with Gasteiger partial charge in [-0.1, -0.05) is 22.0 Å². The number of phenolic OH excluding ortho intramolecular Hbond substituents is 2. The minimum atomic E-state index is -4.04. The number of rotatable bonds is 5. The lowest BCUT2D eigenvalue weighted by molar-refractivity contribution is -0.121. The van der Waals surface area contributed by atoms with Crippen molar-refractivity contribution in [2.45, 2.75) is 4.90 Å². The molecule has 1 aliphatic heterocycles. The van der Waals surface area contributed by atoms with Gasteiger partial charge in [0.2, 0.25) is 0 Å². The van der Waals surface area contributed by atoms with Crippen molar-refractivity contribution in [1.29, 1.82) is 0 Å². The van der Waals surface area contributed by atoms with Crippen LogP contribution in [0.15, 0.2) is 73.8 Å². The summed E-state index contributed by atoms with van der Waals surface area (Å²) in [6, 6.07) is 9.94. The molecular weight excluding hydrogens is 480 g/mol. The highest BCUT2D eigenvalue weighted by molar-refractivity contribution is 9.10. The molecule has 0 aliphatic carbocycles. The fourth-order valence-electron chi connectivity index (χ4n) is 2.42. The van der Waals surface area contributed by atoms with Gasteiger partial charge < -0.3 is 10.2 Å². The van der Waals surface area contributed by atoms with Crippen LogP contribution in [0.2, 0.25) is 0 Å². The van der Waals surface area contributed by atoms with Gasteiger partial charge in [-0.15, -0.1) is 11.0 Å². The van der Waals surface area contributed by atoms with E-state index < -0.39 is 15.9 Å². The number of aromatic hydroxyl groups is 2. The minimum absolute atomic E-state index is 0.00610. The van der Waals surface area contributed by atoms with Crippen LogP contribution in [0.4, 0.5) is 0 Å². The number of phenols is 2. The van der Waals surface area contributed by atoms with Crippen LogP contribution in [-0.4, -0.2) is 41.2 Å². The molecule has 0 unspecified atom stereocenters. The van der Waals surface area contributed by atoms with Gasteiger partial charge in [0.1, 0.15) is 11.5 Å². The maximum Gasteiger partial charge on any atom is 0.284 e. The lowest BCUT2D eigenvalue weighted by Gasteiger charge is -2.12. The van der Waals surface area contributed by atoms with Gasteiger partial charge in [-0.3, -0.25) is 9.69 Å². The molecule has 150 valence electrons. The number of carbonyl (C=O) groups excluding carboxylic acids is 1. The molecule has 1 saturated heterocycles. The Bertz CT molecular complexity index is 1140. The predicted molar refractivity (Wildman–Crippen MR) is 116 cm³/mol. The average molecular weight is 495 g/mol. The Morgan fingerprint density at radius 3 is 2.48 bits per heavy atom. The van der Waals surface area contributed by atoms with Crippen molar-refractivity contribution >= 4 is 54.9 Å². The van der Waals surface area contributed by atoms with Gasteiger partial charge in [0.25, 0.3) is 15.9 Å². The Morgan fingerprint density at radius 2 is 1.86 bits per heavy atom. The van der Waals surface area contributed by atoms with E-state index in [-0.39, 0.29) is 33.0 Å². The number of halogens is 1. The number of amidine groups is 1. The molecule has 0 bridgehead atoms.